The number of aryl methyl sites for hydroxylation is 3. The molecule has 0 saturated carbocycles. The highest BCUT2D eigenvalue weighted by atomic mass is 15.3. The highest BCUT2D eigenvalue weighted by Crippen LogP contribution is 2.25. The van der Waals surface area contributed by atoms with Crippen LogP contribution < -0.4 is 0 Å². The molecule has 0 aliphatic rings. The van der Waals surface area contributed by atoms with Crippen molar-refractivity contribution < 1.29 is 0 Å². The van der Waals surface area contributed by atoms with Gasteiger partial charge in [0.1, 0.15) is 0 Å². The molecule has 0 N–H and O–H groups in total. The third kappa shape index (κ3) is 1.60. The molecule has 2 aromatic rings. The van der Waals surface area contributed by atoms with Gasteiger partial charge in [-0.3, -0.25) is 0 Å². The van der Waals surface area contributed by atoms with E-state index in [4.69, 9.17) is 0 Å². The van der Waals surface area contributed by atoms with Gasteiger partial charge in [-0.15, -0.1) is 0 Å². The van der Waals surface area contributed by atoms with Crippen molar-refractivity contribution in [2.24, 2.45) is 0 Å². The maximum Gasteiger partial charge on any atom is 0.158 e. The standard InChI is InChI=1S/C13H19N3/c1-8-7-11(13(4,5)6)16-12(14-8)9(2)10(3)15-16/h7H,1-6H3. The van der Waals surface area contributed by atoms with Gasteiger partial charge in [0.25, 0.3) is 0 Å². The summed E-state index contributed by atoms with van der Waals surface area (Å²) in [7, 11) is 0. The van der Waals surface area contributed by atoms with Gasteiger partial charge in [0.05, 0.1) is 11.4 Å². The Labute approximate surface area is 96.5 Å². The molecule has 0 aliphatic carbocycles. The third-order valence-electron chi connectivity index (χ3n) is 2.95. The molecule has 0 saturated heterocycles. The molecule has 2 aromatic heterocycles. The lowest BCUT2D eigenvalue weighted by Crippen LogP contribution is -2.18. The summed E-state index contributed by atoms with van der Waals surface area (Å²) < 4.78 is 1.98. The van der Waals surface area contributed by atoms with E-state index in [1.54, 1.807) is 0 Å². The van der Waals surface area contributed by atoms with Crippen LogP contribution in [0.15, 0.2) is 6.07 Å². The molecule has 0 aromatic carbocycles. The predicted octanol–water partition coefficient (Wildman–Crippen LogP) is 2.95. The van der Waals surface area contributed by atoms with Crippen molar-refractivity contribution in [3.63, 3.8) is 0 Å². The first-order valence-electron chi connectivity index (χ1n) is 5.65. The minimum Gasteiger partial charge on any atom is -0.234 e. The molecule has 0 unspecified atom stereocenters. The van der Waals surface area contributed by atoms with E-state index in [2.05, 4.69) is 43.8 Å². The topological polar surface area (TPSA) is 30.2 Å². The first-order chi connectivity index (χ1) is 7.30. The summed E-state index contributed by atoms with van der Waals surface area (Å²) in [4.78, 5) is 4.57. The summed E-state index contributed by atoms with van der Waals surface area (Å²) in [6.45, 7) is 12.8. The Morgan fingerprint density at radius 2 is 1.75 bits per heavy atom. The Bertz CT molecular complexity index is 544. The summed E-state index contributed by atoms with van der Waals surface area (Å²) >= 11 is 0. The smallest absolute Gasteiger partial charge is 0.158 e. The fourth-order valence-corrected chi connectivity index (χ4v) is 1.88. The van der Waals surface area contributed by atoms with Gasteiger partial charge in [0.2, 0.25) is 0 Å². The van der Waals surface area contributed by atoms with E-state index < -0.39 is 0 Å². The van der Waals surface area contributed by atoms with Crippen LogP contribution in [0, 0.1) is 20.8 Å². The highest BCUT2D eigenvalue weighted by molar-refractivity contribution is 5.51. The number of hydrogen-bond acceptors (Lipinski definition) is 2. The number of fused-ring (bicyclic) bond motifs is 1. The van der Waals surface area contributed by atoms with Gasteiger partial charge >= 0.3 is 0 Å². The Kier molecular flexibility index (Phi) is 2.30. The molecule has 0 bridgehead atoms. The van der Waals surface area contributed by atoms with Gasteiger partial charge in [-0.2, -0.15) is 5.10 Å². The van der Waals surface area contributed by atoms with Crippen molar-refractivity contribution in [2.45, 2.75) is 47.0 Å². The van der Waals surface area contributed by atoms with Crippen molar-refractivity contribution in [1.29, 1.82) is 0 Å². The van der Waals surface area contributed by atoms with Crippen LogP contribution in [0.1, 0.15) is 43.4 Å². The second-order valence-corrected chi connectivity index (χ2v) is 5.48. The minimum absolute atomic E-state index is 0.0802. The Hall–Kier alpha value is -1.38. The first-order valence-corrected chi connectivity index (χ1v) is 5.65. The van der Waals surface area contributed by atoms with Gasteiger partial charge in [-0.1, -0.05) is 20.8 Å². The van der Waals surface area contributed by atoms with E-state index >= 15 is 0 Å². The summed E-state index contributed by atoms with van der Waals surface area (Å²) in [6, 6.07) is 2.12. The van der Waals surface area contributed by atoms with Crippen molar-refractivity contribution in [2.75, 3.05) is 0 Å². The lowest BCUT2D eigenvalue weighted by atomic mass is 9.91. The molecule has 0 atom stereocenters. The average molecular weight is 217 g/mol. The van der Waals surface area contributed by atoms with Crippen LogP contribution in [0.2, 0.25) is 0 Å². The van der Waals surface area contributed by atoms with Crippen LogP contribution in [0.3, 0.4) is 0 Å². The second kappa shape index (κ2) is 3.30. The van der Waals surface area contributed by atoms with Crippen LogP contribution in [-0.2, 0) is 5.41 Å². The van der Waals surface area contributed by atoms with E-state index in [1.807, 2.05) is 18.4 Å². The van der Waals surface area contributed by atoms with Crippen LogP contribution in [-0.4, -0.2) is 14.6 Å². The third-order valence-corrected chi connectivity index (χ3v) is 2.95. The van der Waals surface area contributed by atoms with E-state index in [0.717, 1.165) is 17.0 Å². The van der Waals surface area contributed by atoms with Gasteiger partial charge in [0, 0.05) is 16.7 Å². The molecular formula is C13H19N3. The zero-order valence-electron chi connectivity index (χ0n) is 10.9. The number of hydrogen-bond donors (Lipinski definition) is 0. The lowest BCUT2D eigenvalue weighted by molar-refractivity contribution is 0.544. The van der Waals surface area contributed by atoms with Crippen LogP contribution in [0.5, 0.6) is 0 Å². The number of nitrogens with zero attached hydrogens (tertiary/aromatic N) is 3. The molecule has 3 heteroatoms. The molecular weight excluding hydrogens is 198 g/mol. The molecule has 86 valence electrons. The van der Waals surface area contributed by atoms with E-state index in [1.165, 1.54) is 11.3 Å². The summed E-state index contributed by atoms with van der Waals surface area (Å²) in [5.41, 5.74) is 5.57. The Morgan fingerprint density at radius 1 is 1.12 bits per heavy atom. The van der Waals surface area contributed by atoms with Crippen LogP contribution in [0.25, 0.3) is 5.65 Å². The molecule has 0 spiro atoms. The molecule has 0 radical (unpaired) electrons. The summed E-state index contributed by atoms with van der Waals surface area (Å²) in [6.07, 6.45) is 0. The zero-order valence-corrected chi connectivity index (χ0v) is 10.9. The first kappa shape index (κ1) is 11.1. The molecule has 2 heterocycles. The fraction of sp³-hybridized carbons (Fsp3) is 0.538. The molecule has 0 fully saturated rings. The number of aromatic nitrogens is 3. The molecule has 2 rings (SSSR count). The molecule has 0 amide bonds. The second-order valence-electron chi connectivity index (χ2n) is 5.48. The Morgan fingerprint density at radius 3 is 2.31 bits per heavy atom. The maximum absolute atomic E-state index is 4.57. The van der Waals surface area contributed by atoms with E-state index in [0.29, 0.717) is 0 Å². The van der Waals surface area contributed by atoms with Gasteiger partial charge < -0.3 is 0 Å². The van der Waals surface area contributed by atoms with Gasteiger partial charge in [-0.25, -0.2) is 9.50 Å². The van der Waals surface area contributed by atoms with Crippen molar-refractivity contribution >= 4 is 5.65 Å². The van der Waals surface area contributed by atoms with Gasteiger partial charge in [0.15, 0.2) is 5.65 Å². The Balaban J connectivity index is 2.89. The van der Waals surface area contributed by atoms with Crippen molar-refractivity contribution in [3.05, 3.63) is 28.7 Å². The van der Waals surface area contributed by atoms with Gasteiger partial charge in [-0.05, 0) is 26.8 Å². The predicted molar refractivity (Wildman–Crippen MR) is 65.9 cm³/mol. The van der Waals surface area contributed by atoms with Crippen molar-refractivity contribution in [3.8, 4) is 0 Å². The summed E-state index contributed by atoms with van der Waals surface area (Å²) in [5, 5.41) is 4.57. The average Bonchev–Trinajstić information content (AvgIpc) is 2.42. The quantitative estimate of drug-likeness (QED) is 0.679. The monoisotopic (exact) mass is 217 g/mol. The highest BCUT2D eigenvalue weighted by Gasteiger charge is 2.20. The van der Waals surface area contributed by atoms with E-state index in [-0.39, 0.29) is 5.41 Å². The van der Waals surface area contributed by atoms with Crippen LogP contribution >= 0.6 is 0 Å². The number of rotatable bonds is 0. The maximum atomic E-state index is 4.57. The molecule has 3 nitrogen and oxygen atoms in total. The lowest BCUT2D eigenvalue weighted by Gasteiger charge is -2.20. The largest absolute Gasteiger partial charge is 0.234 e. The van der Waals surface area contributed by atoms with Crippen molar-refractivity contribution in [1.82, 2.24) is 14.6 Å². The summed E-state index contributed by atoms with van der Waals surface area (Å²) in [5.74, 6) is 0. The zero-order chi connectivity index (χ0) is 12.1. The molecule has 16 heavy (non-hydrogen) atoms. The fourth-order valence-electron chi connectivity index (χ4n) is 1.88. The van der Waals surface area contributed by atoms with Crippen LogP contribution in [0.4, 0.5) is 0 Å². The SMILES string of the molecule is Cc1cc(C(C)(C)C)n2nc(C)c(C)c2n1. The molecule has 0 aliphatic heterocycles. The normalized spacial score (nSPS) is 12.4. The minimum atomic E-state index is 0.0802. The van der Waals surface area contributed by atoms with E-state index in [9.17, 15) is 0 Å².